The van der Waals surface area contributed by atoms with Crippen molar-refractivity contribution in [1.29, 1.82) is 0 Å². The van der Waals surface area contributed by atoms with E-state index in [-0.39, 0.29) is 11.3 Å². The number of carbonyl (C=O) groups excluding carboxylic acids is 2. The van der Waals surface area contributed by atoms with E-state index in [0.717, 1.165) is 19.3 Å². The molecule has 1 aliphatic rings. The van der Waals surface area contributed by atoms with Crippen molar-refractivity contribution in [3.05, 3.63) is 89.8 Å². The summed E-state index contributed by atoms with van der Waals surface area (Å²) >= 11 is 0. The monoisotopic (exact) mass is 486 g/mol. The molecule has 2 heterocycles. The molecule has 1 unspecified atom stereocenters. The predicted molar refractivity (Wildman–Crippen MR) is 138 cm³/mol. The molecule has 1 aliphatic heterocycles. The average molecular weight is 487 g/mol. The Kier molecular flexibility index (Phi) is 8.00. The third kappa shape index (κ3) is 5.25. The number of aliphatic hydroxyl groups is 1. The van der Waals surface area contributed by atoms with Crippen molar-refractivity contribution < 1.29 is 24.2 Å². The summed E-state index contributed by atoms with van der Waals surface area (Å²) in [6, 6.07) is 18.2. The van der Waals surface area contributed by atoms with Crippen LogP contribution in [0.1, 0.15) is 50.4 Å². The Bertz CT molecular complexity index is 1220. The molecule has 0 saturated carbocycles. The summed E-state index contributed by atoms with van der Waals surface area (Å²) in [6.07, 6.45) is 4.78. The quantitative estimate of drug-likeness (QED) is 0.172. The number of hydrogen-bond donors (Lipinski definition) is 1. The van der Waals surface area contributed by atoms with Crippen molar-refractivity contribution in [3.8, 4) is 11.5 Å². The zero-order valence-electron chi connectivity index (χ0n) is 20.5. The molecule has 7 heteroatoms. The van der Waals surface area contributed by atoms with Crippen molar-refractivity contribution in [2.75, 3.05) is 18.1 Å². The molecule has 0 aliphatic carbocycles. The van der Waals surface area contributed by atoms with Gasteiger partial charge in [-0.25, -0.2) is 0 Å². The number of ether oxygens (including phenoxy) is 2. The largest absolute Gasteiger partial charge is 0.507 e. The van der Waals surface area contributed by atoms with Crippen LogP contribution < -0.4 is 14.4 Å². The average Bonchev–Trinajstić information content (AvgIpc) is 3.18. The summed E-state index contributed by atoms with van der Waals surface area (Å²) in [5, 5.41) is 11.2. The highest BCUT2D eigenvalue weighted by Gasteiger charge is 2.47. The fourth-order valence-corrected chi connectivity index (χ4v) is 4.19. The minimum Gasteiger partial charge on any atom is -0.507 e. The van der Waals surface area contributed by atoms with E-state index in [2.05, 4.69) is 11.9 Å². The Balaban J connectivity index is 1.71. The van der Waals surface area contributed by atoms with Crippen LogP contribution in [-0.4, -0.2) is 35.0 Å². The standard InChI is InChI=1S/C29H30N2O5/c1-3-5-8-19-36-23-14-10-20(11-15-23)27(32)25-26(24-9-6-7-18-30-24)31(29(34)28(25)33)21-12-16-22(17-13-21)35-4-2/h6-7,9-18,26,32H,3-5,8,19H2,1-2H3/b27-25-. The number of ketones is 1. The number of pyridine rings is 1. The number of hydrogen-bond acceptors (Lipinski definition) is 6. The molecule has 2 aromatic carbocycles. The van der Waals surface area contributed by atoms with Crippen molar-refractivity contribution in [3.63, 3.8) is 0 Å². The maximum Gasteiger partial charge on any atom is 0.300 e. The number of benzene rings is 2. The van der Waals surface area contributed by atoms with Crippen molar-refractivity contribution >= 4 is 23.1 Å². The highest BCUT2D eigenvalue weighted by Crippen LogP contribution is 2.41. The van der Waals surface area contributed by atoms with E-state index in [1.165, 1.54) is 4.90 Å². The number of amides is 1. The summed E-state index contributed by atoms with van der Waals surface area (Å²) in [4.78, 5) is 32.2. The summed E-state index contributed by atoms with van der Waals surface area (Å²) in [6.45, 7) is 5.15. The lowest BCUT2D eigenvalue weighted by Gasteiger charge is -2.24. The number of carbonyl (C=O) groups is 2. The van der Waals surface area contributed by atoms with Gasteiger partial charge in [-0.1, -0.05) is 25.8 Å². The summed E-state index contributed by atoms with van der Waals surface area (Å²) < 4.78 is 11.3. The van der Waals surface area contributed by atoms with Gasteiger partial charge >= 0.3 is 0 Å². The van der Waals surface area contributed by atoms with Gasteiger partial charge in [0.2, 0.25) is 0 Å². The van der Waals surface area contributed by atoms with Gasteiger partial charge in [0.1, 0.15) is 23.3 Å². The van der Waals surface area contributed by atoms with Crippen molar-refractivity contribution in [1.82, 2.24) is 4.98 Å². The zero-order valence-corrected chi connectivity index (χ0v) is 20.5. The second kappa shape index (κ2) is 11.5. The fourth-order valence-electron chi connectivity index (χ4n) is 4.19. The number of rotatable bonds is 10. The number of aliphatic hydroxyl groups excluding tert-OH is 1. The molecular formula is C29H30N2O5. The molecule has 1 N–H and O–H groups in total. The minimum absolute atomic E-state index is 0.0100. The first-order valence-corrected chi connectivity index (χ1v) is 12.2. The van der Waals surface area contributed by atoms with E-state index in [0.29, 0.717) is 41.7 Å². The van der Waals surface area contributed by atoms with E-state index in [1.807, 2.05) is 6.92 Å². The van der Waals surface area contributed by atoms with Gasteiger partial charge in [0.15, 0.2) is 0 Å². The van der Waals surface area contributed by atoms with E-state index >= 15 is 0 Å². The van der Waals surface area contributed by atoms with Gasteiger partial charge in [0.05, 0.1) is 24.5 Å². The first-order chi connectivity index (χ1) is 17.5. The maximum atomic E-state index is 13.2. The highest BCUT2D eigenvalue weighted by molar-refractivity contribution is 6.51. The van der Waals surface area contributed by atoms with Crippen LogP contribution in [0, 0.1) is 0 Å². The Hall–Kier alpha value is -4.13. The topological polar surface area (TPSA) is 89.0 Å². The van der Waals surface area contributed by atoms with Gasteiger partial charge in [-0.3, -0.25) is 19.5 Å². The summed E-state index contributed by atoms with van der Waals surface area (Å²) in [5.41, 5.74) is 1.39. The third-order valence-electron chi connectivity index (χ3n) is 5.98. The van der Waals surface area contributed by atoms with E-state index in [4.69, 9.17) is 9.47 Å². The van der Waals surface area contributed by atoms with Crippen LogP contribution >= 0.6 is 0 Å². The lowest BCUT2D eigenvalue weighted by atomic mass is 9.98. The van der Waals surface area contributed by atoms with Crippen LogP contribution in [0.4, 0.5) is 5.69 Å². The van der Waals surface area contributed by atoms with Crippen LogP contribution in [0.3, 0.4) is 0 Å². The first-order valence-electron chi connectivity index (χ1n) is 12.2. The third-order valence-corrected chi connectivity index (χ3v) is 5.98. The normalized spacial score (nSPS) is 16.8. The van der Waals surface area contributed by atoms with Gasteiger partial charge < -0.3 is 14.6 Å². The van der Waals surface area contributed by atoms with E-state index in [9.17, 15) is 14.7 Å². The smallest absolute Gasteiger partial charge is 0.300 e. The molecule has 186 valence electrons. The van der Waals surface area contributed by atoms with Gasteiger partial charge in [-0.2, -0.15) is 0 Å². The number of aromatic nitrogens is 1. The molecule has 3 aromatic rings. The molecule has 1 atom stereocenters. The summed E-state index contributed by atoms with van der Waals surface area (Å²) in [7, 11) is 0. The lowest BCUT2D eigenvalue weighted by Crippen LogP contribution is -2.29. The SMILES string of the molecule is CCCCCOc1ccc(/C(O)=C2/C(=O)C(=O)N(c3ccc(OCC)cc3)C2c2ccccn2)cc1. The van der Waals surface area contributed by atoms with Crippen LogP contribution in [0.2, 0.25) is 0 Å². The number of anilines is 1. The Morgan fingerprint density at radius 1 is 0.917 bits per heavy atom. The van der Waals surface area contributed by atoms with Crippen LogP contribution in [0.25, 0.3) is 5.76 Å². The van der Waals surface area contributed by atoms with Gasteiger partial charge in [-0.15, -0.1) is 0 Å². The molecular weight excluding hydrogens is 456 g/mol. The van der Waals surface area contributed by atoms with Gasteiger partial charge in [0, 0.05) is 17.4 Å². The minimum atomic E-state index is -0.880. The Labute approximate surface area is 211 Å². The molecule has 0 bridgehead atoms. The molecule has 1 fully saturated rings. The second-order valence-corrected chi connectivity index (χ2v) is 8.43. The predicted octanol–water partition coefficient (Wildman–Crippen LogP) is 5.68. The zero-order chi connectivity index (χ0) is 25.5. The van der Waals surface area contributed by atoms with E-state index in [1.54, 1.807) is 72.9 Å². The van der Waals surface area contributed by atoms with Crippen LogP contribution in [-0.2, 0) is 9.59 Å². The molecule has 1 aromatic heterocycles. The van der Waals surface area contributed by atoms with E-state index < -0.39 is 17.7 Å². The first kappa shape index (κ1) is 25.0. The molecule has 0 spiro atoms. The number of Topliss-reactive ketones (excluding diaryl/α,β-unsaturated/α-hetero) is 1. The van der Waals surface area contributed by atoms with Crippen molar-refractivity contribution in [2.45, 2.75) is 39.2 Å². The molecule has 1 saturated heterocycles. The van der Waals surface area contributed by atoms with Crippen LogP contribution in [0.15, 0.2) is 78.5 Å². The Morgan fingerprint density at radius 3 is 2.25 bits per heavy atom. The van der Waals surface area contributed by atoms with Gasteiger partial charge in [-0.05, 0) is 74.0 Å². The fraction of sp³-hybridized carbons (Fsp3) is 0.276. The maximum absolute atomic E-state index is 13.2. The molecule has 0 radical (unpaired) electrons. The number of unbranched alkanes of at least 4 members (excludes halogenated alkanes) is 2. The number of nitrogens with zero attached hydrogens (tertiary/aromatic N) is 2. The molecule has 1 amide bonds. The van der Waals surface area contributed by atoms with Crippen molar-refractivity contribution in [2.24, 2.45) is 0 Å². The molecule has 36 heavy (non-hydrogen) atoms. The second-order valence-electron chi connectivity index (χ2n) is 8.43. The summed E-state index contributed by atoms with van der Waals surface area (Å²) in [5.74, 6) is -0.415. The lowest BCUT2D eigenvalue weighted by molar-refractivity contribution is -0.132. The molecule has 7 nitrogen and oxygen atoms in total. The van der Waals surface area contributed by atoms with Gasteiger partial charge in [0.25, 0.3) is 11.7 Å². The Morgan fingerprint density at radius 2 is 1.61 bits per heavy atom. The van der Waals surface area contributed by atoms with Crippen LogP contribution in [0.5, 0.6) is 11.5 Å². The highest BCUT2D eigenvalue weighted by atomic mass is 16.5. The molecule has 4 rings (SSSR count).